The number of amides is 2. The molecule has 5 heteroatoms. The Morgan fingerprint density at radius 1 is 1.44 bits per heavy atom. The highest BCUT2D eigenvalue weighted by Crippen LogP contribution is 2.04. The van der Waals surface area contributed by atoms with Crippen molar-refractivity contribution < 1.29 is 14.0 Å². The highest BCUT2D eigenvalue weighted by Gasteiger charge is 2.19. The third-order valence-electron chi connectivity index (χ3n) is 2.61. The van der Waals surface area contributed by atoms with E-state index in [1.165, 1.54) is 0 Å². The van der Waals surface area contributed by atoms with Crippen LogP contribution in [0.5, 0.6) is 0 Å². The number of carbonyl (C=O) groups is 2. The van der Waals surface area contributed by atoms with Gasteiger partial charge in [0.25, 0.3) is 0 Å². The number of rotatable bonds is 3. The molecule has 0 saturated carbocycles. The molecule has 1 aromatic rings. The van der Waals surface area contributed by atoms with Crippen molar-refractivity contribution in [2.45, 2.75) is 12.8 Å². The van der Waals surface area contributed by atoms with Gasteiger partial charge in [-0.2, -0.15) is 0 Å². The lowest BCUT2D eigenvalue weighted by Gasteiger charge is -2.18. The van der Waals surface area contributed by atoms with E-state index < -0.39 is 0 Å². The van der Waals surface area contributed by atoms with E-state index in [2.05, 4.69) is 5.32 Å². The molecule has 86 valence electrons. The van der Waals surface area contributed by atoms with Crippen molar-refractivity contribution in [3.8, 4) is 0 Å². The summed E-state index contributed by atoms with van der Waals surface area (Å²) >= 11 is 0. The van der Waals surface area contributed by atoms with Crippen molar-refractivity contribution in [1.82, 2.24) is 10.2 Å². The maximum atomic E-state index is 11.6. The Labute approximate surface area is 93.4 Å². The van der Waals surface area contributed by atoms with Gasteiger partial charge in [0, 0.05) is 25.9 Å². The second kappa shape index (κ2) is 4.83. The Kier molecular flexibility index (Phi) is 3.24. The topological polar surface area (TPSA) is 62.6 Å². The molecule has 0 atom stereocenters. The van der Waals surface area contributed by atoms with Crippen LogP contribution in [0.15, 0.2) is 22.8 Å². The van der Waals surface area contributed by atoms with Crippen molar-refractivity contribution >= 4 is 11.8 Å². The number of hydrogen-bond acceptors (Lipinski definition) is 3. The van der Waals surface area contributed by atoms with Crippen LogP contribution in [0, 0.1) is 0 Å². The Morgan fingerprint density at radius 3 is 3.06 bits per heavy atom. The number of hydrogen-bond donors (Lipinski definition) is 1. The van der Waals surface area contributed by atoms with Crippen LogP contribution in [0.3, 0.4) is 0 Å². The summed E-state index contributed by atoms with van der Waals surface area (Å²) in [4.78, 5) is 24.4. The zero-order chi connectivity index (χ0) is 11.4. The van der Waals surface area contributed by atoms with Crippen molar-refractivity contribution in [2.75, 3.05) is 19.6 Å². The van der Waals surface area contributed by atoms with E-state index in [4.69, 9.17) is 4.42 Å². The van der Waals surface area contributed by atoms with Crippen LogP contribution >= 0.6 is 0 Å². The van der Waals surface area contributed by atoms with Crippen LogP contribution in [-0.4, -0.2) is 36.3 Å². The van der Waals surface area contributed by atoms with Gasteiger partial charge in [-0.3, -0.25) is 9.59 Å². The van der Waals surface area contributed by atoms with E-state index in [1.807, 2.05) is 12.1 Å². The molecule has 0 aliphatic carbocycles. The van der Waals surface area contributed by atoms with Crippen LogP contribution in [0.25, 0.3) is 0 Å². The van der Waals surface area contributed by atoms with E-state index in [-0.39, 0.29) is 18.4 Å². The summed E-state index contributed by atoms with van der Waals surface area (Å²) < 4.78 is 5.19. The molecule has 1 N–H and O–H groups in total. The third-order valence-corrected chi connectivity index (χ3v) is 2.61. The predicted octanol–water partition coefficient (Wildman–Crippen LogP) is 0.171. The van der Waals surface area contributed by atoms with Crippen LogP contribution in [0.2, 0.25) is 0 Å². The van der Waals surface area contributed by atoms with Gasteiger partial charge in [-0.05, 0) is 12.1 Å². The average Bonchev–Trinajstić information content (AvgIpc) is 2.73. The molecule has 2 amide bonds. The first-order valence-electron chi connectivity index (χ1n) is 5.32. The molecule has 1 aromatic heterocycles. The first kappa shape index (κ1) is 10.7. The Bertz CT molecular complexity index is 373. The molecule has 2 rings (SSSR count). The minimum absolute atomic E-state index is 0.0302. The lowest BCUT2D eigenvalue weighted by molar-refractivity contribution is -0.130. The number of nitrogens with one attached hydrogen (secondary N) is 1. The number of nitrogens with zero attached hydrogens (tertiary/aromatic N) is 1. The van der Waals surface area contributed by atoms with Crippen molar-refractivity contribution in [3.05, 3.63) is 24.2 Å². The van der Waals surface area contributed by atoms with Gasteiger partial charge in [0.1, 0.15) is 5.76 Å². The smallest absolute Gasteiger partial charge is 0.241 e. The summed E-state index contributed by atoms with van der Waals surface area (Å²) in [6.07, 6.45) is 2.68. The summed E-state index contributed by atoms with van der Waals surface area (Å²) in [5, 5.41) is 2.56. The summed E-state index contributed by atoms with van der Waals surface area (Å²) in [6, 6.07) is 3.70. The molecule has 0 unspecified atom stereocenters. The molecular formula is C11H14N2O3. The van der Waals surface area contributed by atoms with Gasteiger partial charge >= 0.3 is 0 Å². The minimum atomic E-state index is -0.0613. The Balaban J connectivity index is 1.88. The normalized spacial score (nSPS) is 17.1. The molecule has 0 spiro atoms. The molecule has 1 saturated heterocycles. The summed E-state index contributed by atoms with van der Waals surface area (Å²) in [5.74, 6) is 0.766. The van der Waals surface area contributed by atoms with Crippen LogP contribution in [-0.2, 0) is 16.0 Å². The molecule has 1 fully saturated rings. The zero-order valence-corrected chi connectivity index (χ0v) is 8.94. The van der Waals surface area contributed by atoms with Crippen molar-refractivity contribution in [3.63, 3.8) is 0 Å². The van der Waals surface area contributed by atoms with Gasteiger partial charge in [-0.25, -0.2) is 0 Å². The van der Waals surface area contributed by atoms with Gasteiger partial charge in [0.15, 0.2) is 0 Å². The van der Waals surface area contributed by atoms with Crippen LogP contribution < -0.4 is 5.32 Å². The lowest BCUT2D eigenvalue weighted by Crippen LogP contribution is -2.36. The molecule has 5 nitrogen and oxygen atoms in total. The van der Waals surface area contributed by atoms with Gasteiger partial charge in [-0.15, -0.1) is 0 Å². The van der Waals surface area contributed by atoms with E-state index in [0.717, 1.165) is 5.76 Å². The SMILES string of the molecule is O=C1CCN(CCc2ccco2)C(=O)CN1. The molecule has 16 heavy (non-hydrogen) atoms. The highest BCUT2D eigenvalue weighted by atomic mass is 16.3. The number of furan rings is 1. The third kappa shape index (κ3) is 2.62. The molecule has 1 aliphatic heterocycles. The molecule has 0 radical (unpaired) electrons. The molecule has 0 bridgehead atoms. The molecule has 0 aromatic carbocycles. The average molecular weight is 222 g/mol. The fourth-order valence-electron chi connectivity index (χ4n) is 1.67. The standard InChI is InChI=1S/C11H14N2O3/c14-10-4-6-13(11(15)8-12-10)5-3-9-2-1-7-16-9/h1-2,7H,3-6,8H2,(H,12,14). The van der Waals surface area contributed by atoms with E-state index in [0.29, 0.717) is 25.9 Å². The first-order valence-corrected chi connectivity index (χ1v) is 5.32. The second-order valence-corrected chi connectivity index (χ2v) is 3.74. The second-order valence-electron chi connectivity index (χ2n) is 3.74. The zero-order valence-electron chi connectivity index (χ0n) is 8.94. The molecule has 2 heterocycles. The Hall–Kier alpha value is -1.78. The van der Waals surface area contributed by atoms with Crippen LogP contribution in [0.4, 0.5) is 0 Å². The van der Waals surface area contributed by atoms with Crippen molar-refractivity contribution in [1.29, 1.82) is 0 Å². The molecule has 1 aliphatic rings. The van der Waals surface area contributed by atoms with E-state index in [9.17, 15) is 9.59 Å². The largest absolute Gasteiger partial charge is 0.469 e. The first-order chi connectivity index (χ1) is 7.75. The van der Waals surface area contributed by atoms with Crippen molar-refractivity contribution in [2.24, 2.45) is 0 Å². The van der Waals surface area contributed by atoms with E-state index >= 15 is 0 Å². The summed E-state index contributed by atoms with van der Waals surface area (Å²) in [5.41, 5.74) is 0. The number of carbonyl (C=O) groups excluding carboxylic acids is 2. The maximum Gasteiger partial charge on any atom is 0.241 e. The molecular weight excluding hydrogens is 208 g/mol. The van der Waals surface area contributed by atoms with Crippen LogP contribution in [0.1, 0.15) is 12.2 Å². The summed E-state index contributed by atoms with van der Waals surface area (Å²) in [7, 11) is 0. The predicted molar refractivity (Wildman–Crippen MR) is 56.6 cm³/mol. The Morgan fingerprint density at radius 2 is 2.31 bits per heavy atom. The maximum absolute atomic E-state index is 11.6. The minimum Gasteiger partial charge on any atom is -0.469 e. The van der Waals surface area contributed by atoms with Gasteiger partial charge in [-0.1, -0.05) is 0 Å². The fourth-order valence-corrected chi connectivity index (χ4v) is 1.67. The monoisotopic (exact) mass is 222 g/mol. The fraction of sp³-hybridized carbons (Fsp3) is 0.455. The van der Waals surface area contributed by atoms with Gasteiger partial charge in [0.2, 0.25) is 11.8 Å². The van der Waals surface area contributed by atoms with E-state index in [1.54, 1.807) is 11.2 Å². The van der Waals surface area contributed by atoms with Gasteiger partial charge in [0.05, 0.1) is 12.8 Å². The quantitative estimate of drug-likeness (QED) is 0.793. The highest BCUT2D eigenvalue weighted by molar-refractivity contribution is 5.87. The van der Waals surface area contributed by atoms with Gasteiger partial charge < -0.3 is 14.6 Å². The lowest BCUT2D eigenvalue weighted by atomic mass is 10.3. The summed E-state index contributed by atoms with van der Waals surface area (Å²) in [6.45, 7) is 1.20.